The van der Waals surface area contributed by atoms with Gasteiger partial charge in [-0.15, -0.1) is 0 Å². The van der Waals surface area contributed by atoms with Crippen LogP contribution in [0.25, 0.3) is 0 Å². The number of rotatable bonds is 5. The minimum Gasteiger partial charge on any atom is -0.296 e. The van der Waals surface area contributed by atoms with Crippen LogP contribution in [0, 0.1) is 6.92 Å². The second-order valence-corrected chi connectivity index (χ2v) is 8.60. The van der Waals surface area contributed by atoms with Crippen LogP contribution in [0.3, 0.4) is 0 Å². The van der Waals surface area contributed by atoms with Crippen molar-refractivity contribution in [3.63, 3.8) is 0 Å². The van der Waals surface area contributed by atoms with E-state index in [1.165, 1.54) is 11.1 Å². The first-order valence-corrected chi connectivity index (χ1v) is 10.3. The Kier molecular flexibility index (Phi) is 5.57. The van der Waals surface area contributed by atoms with Gasteiger partial charge in [0, 0.05) is 32.7 Å². The lowest BCUT2D eigenvalue weighted by Gasteiger charge is -2.34. The number of aryl methyl sites for hydroxylation is 2. The van der Waals surface area contributed by atoms with Gasteiger partial charge in [-0.25, -0.2) is 8.42 Å². The summed E-state index contributed by atoms with van der Waals surface area (Å²) in [5.74, 6) is 0. The summed E-state index contributed by atoms with van der Waals surface area (Å²) >= 11 is 0. The molecule has 1 saturated heterocycles. The smallest absolute Gasteiger partial charge is 0.243 e. The Morgan fingerprint density at radius 3 is 2.20 bits per heavy atom. The average molecular weight is 359 g/mol. The summed E-state index contributed by atoms with van der Waals surface area (Å²) in [6.07, 6.45) is 0.915. The van der Waals surface area contributed by atoms with Crippen LogP contribution < -0.4 is 0 Å². The first-order valence-electron chi connectivity index (χ1n) is 8.86. The van der Waals surface area contributed by atoms with Crippen LogP contribution in [0.15, 0.2) is 53.4 Å². The van der Waals surface area contributed by atoms with Gasteiger partial charge in [0.15, 0.2) is 0 Å². The quantitative estimate of drug-likeness (QED) is 0.825. The lowest BCUT2D eigenvalue weighted by molar-refractivity contribution is 0.181. The van der Waals surface area contributed by atoms with Crippen LogP contribution >= 0.6 is 0 Å². The summed E-state index contributed by atoms with van der Waals surface area (Å²) < 4.78 is 27.2. The van der Waals surface area contributed by atoms with Gasteiger partial charge >= 0.3 is 0 Å². The lowest BCUT2D eigenvalue weighted by atomic mass is 10.1. The van der Waals surface area contributed by atoms with Crippen LogP contribution in [-0.4, -0.2) is 43.8 Å². The summed E-state index contributed by atoms with van der Waals surface area (Å²) in [6.45, 7) is 7.66. The van der Waals surface area contributed by atoms with Crippen LogP contribution in [0.1, 0.15) is 23.6 Å². The first-order chi connectivity index (χ1) is 12.0. The van der Waals surface area contributed by atoms with E-state index in [0.717, 1.165) is 31.6 Å². The molecule has 1 aliphatic heterocycles. The molecule has 1 fully saturated rings. The van der Waals surface area contributed by atoms with E-state index in [0.29, 0.717) is 18.0 Å². The Balaban J connectivity index is 1.62. The molecule has 0 aromatic heterocycles. The molecule has 2 aromatic carbocycles. The van der Waals surface area contributed by atoms with Crippen molar-refractivity contribution in [2.24, 2.45) is 0 Å². The van der Waals surface area contributed by atoms with Crippen LogP contribution in [0.5, 0.6) is 0 Å². The summed E-state index contributed by atoms with van der Waals surface area (Å²) in [6, 6.07) is 15.8. The highest BCUT2D eigenvalue weighted by molar-refractivity contribution is 7.89. The van der Waals surface area contributed by atoms with Crippen molar-refractivity contribution in [2.75, 3.05) is 26.2 Å². The minimum atomic E-state index is -3.38. The molecule has 1 heterocycles. The minimum absolute atomic E-state index is 0.400. The summed E-state index contributed by atoms with van der Waals surface area (Å²) in [5, 5.41) is 0. The maximum atomic E-state index is 12.8. The number of sulfonamides is 1. The summed E-state index contributed by atoms with van der Waals surface area (Å²) in [5.41, 5.74) is 3.70. The highest BCUT2D eigenvalue weighted by Gasteiger charge is 2.28. The fourth-order valence-corrected chi connectivity index (χ4v) is 4.67. The second-order valence-electron chi connectivity index (χ2n) is 6.67. The van der Waals surface area contributed by atoms with Crippen molar-refractivity contribution in [1.82, 2.24) is 9.21 Å². The van der Waals surface area contributed by atoms with Crippen LogP contribution in [0.4, 0.5) is 0 Å². The van der Waals surface area contributed by atoms with Crippen LogP contribution in [0.2, 0.25) is 0 Å². The van der Waals surface area contributed by atoms with Crippen molar-refractivity contribution in [3.05, 3.63) is 65.2 Å². The van der Waals surface area contributed by atoms with E-state index >= 15 is 0 Å². The fraction of sp³-hybridized carbons (Fsp3) is 0.400. The topological polar surface area (TPSA) is 40.6 Å². The Labute approximate surface area is 151 Å². The van der Waals surface area contributed by atoms with E-state index in [1.807, 2.05) is 12.1 Å². The SMILES string of the molecule is CCc1ccc(S(=O)(=O)N2CCN(Cc3cccc(C)c3)CC2)cc1. The Morgan fingerprint density at radius 1 is 0.920 bits per heavy atom. The van der Waals surface area contributed by atoms with Gasteiger partial charge in [0.1, 0.15) is 0 Å². The molecule has 4 nitrogen and oxygen atoms in total. The van der Waals surface area contributed by atoms with Crippen molar-refractivity contribution in [1.29, 1.82) is 0 Å². The Bertz CT molecular complexity index is 808. The second kappa shape index (κ2) is 7.68. The van der Waals surface area contributed by atoms with Gasteiger partial charge in [-0.05, 0) is 36.6 Å². The normalized spacial score (nSPS) is 16.9. The Morgan fingerprint density at radius 2 is 1.60 bits per heavy atom. The Hall–Kier alpha value is -1.69. The van der Waals surface area contributed by atoms with Gasteiger partial charge in [-0.1, -0.05) is 48.9 Å². The van der Waals surface area contributed by atoms with Crippen molar-refractivity contribution in [3.8, 4) is 0 Å². The molecule has 0 bridgehead atoms. The molecule has 5 heteroatoms. The zero-order chi connectivity index (χ0) is 17.9. The van der Waals surface area contributed by atoms with E-state index in [4.69, 9.17) is 0 Å². The molecular formula is C20H26N2O2S. The number of hydrogen-bond donors (Lipinski definition) is 0. The standard InChI is InChI=1S/C20H26N2O2S/c1-3-18-7-9-20(10-8-18)25(23,24)22-13-11-21(12-14-22)16-19-6-4-5-17(2)15-19/h4-10,15H,3,11-14,16H2,1-2H3. The molecule has 0 N–H and O–H groups in total. The zero-order valence-corrected chi connectivity index (χ0v) is 15.8. The third-order valence-electron chi connectivity index (χ3n) is 4.79. The molecule has 0 saturated carbocycles. The van der Waals surface area contributed by atoms with E-state index in [1.54, 1.807) is 16.4 Å². The van der Waals surface area contributed by atoms with Crippen molar-refractivity contribution in [2.45, 2.75) is 31.7 Å². The molecule has 1 aliphatic rings. The zero-order valence-electron chi connectivity index (χ0n) is 15.0. The molecule has 3 rings (SSSR count). The van der Waals surface area contributed by atoms with E-state index in [9.17, 15) is 8.42 Å². The number of hydrogen-bond acceptors (Lipinski definition) is 3. The molecule has 0 aliphatic carbocycles. The lowest BCUT2D eigenvalue weighted by Crippen LogP contribution is -2.48. The largest absolute Gasteiger partial charge is 0.296 e. The fourth-order valence-electron chi connectivity index (χ4n) is 3.24. The first kappa shape index (κ1) is 18.1. The van der Waals surface area contributed by atoms with Gasteiger partial charge in [0.25, 0.3) is 0 Å². The summed E-state index contributed by atoms with van der Waals surface area (Å²) in [4.78, 5) is 2.72. The highest BCUT2D eigenvalue weighted by Crippen LogP contribution is 2.19. The average Bonchev–Trinajstić information content (AvgIpc) is 2.62. The van der Waals surface area contributed by atoms with E-state index < -0.39 is 10.0 Å². The molecule has 0 spiro atoms. The molecule has 0 atom stereocenters. The molecular weight excluding hydrogens is 332 g/mol. The van der Waals surface area contributed by atoms with E-state index in [2.05, 4.69) is 43.0 Å². The monoisotopic (exact) mass is 358 g/mol. The van der Waals surface area contributed by atoms with Gasteiger partial charge in [-0.3, -0.25) is 4.90 Å². The third kappa shape index (κ3) is 4.29. The molecule has 25 heavy (non-hydrogen) atoms. The molecule has 2 aromatic rings. The van der Waals surface area contributed by atoms with E-state index in [-0.39, 0.29) is 0 Å². The van der Waals surface area contributed by atoms with Crippen molar-refractivity contribution < 1.29 is 8.42 Å². The molecule has 0 radical (unpaired) electrons. The highest BCUT2D eigenvalue weighted by atomic mass is 32.2. The third-order valence-corrected chi connectivity index (χ3v) is 6.70. The predicted octanol–water partition coefficient (Wildman–Crippen LogP) is 3.06. The van der Waals surface area contributed by atoms with Gasteiger partial charge < -0.3 is 0 Å². The molecule has 0 amide bonds. The maximum Gasteiger partial charge on any atom is 0.243 e. The van der Waals surface area contributed by atoms with Gasteiger partial charge in [-0.2, -0.15) is 4.31 Å². The van der Waals surface area contributed by atoms with Gasteiger partial charge in [0.2, 0.25) is 10.0 Å². The summed E-state index contributed by atoms with van der Waals surface area (Å²) in [7, 11) is -3.38. The number of piperazine rings is 1. The molecule has 134 valence electrons. The predicted molar refractivity (Wildman–Crippen MR) is 101 cm³/mol. The van der Waals surface area contributed by atoms with Crippen molar-refractivity contribution >= 4 is 10.0 Å². The number of nitrogens with zero attached hydrogens (tertiary/aromatic N) is 2. The molecule has 0 unspecified atom stereocenters. The van der Waals surface area contributed by atoms with Gasteiger partial charge in [0.05, 0.1) is 4.90 Å². The number of benzene rings is 2. The maximum absolute atomic E-state index is 12.8. The van der Waals surface area contributed by atoms with Crippen LogP contribution in [-0.2, 0) is 23.0 Å².